The van der Waals surface area contributed by atoms with Crippen molar-refractivity contribution in [3.63, 3.8) is 0 Å². The van der Waals surface area contributed by atoms with Crippen LogP contribution in [0.15, 0.2) is 47.5 Å². The molecule has 3 rings (SSSR count). The third-order valence-electron chi connectivity index (χ3n) is 3.44. The number of primary amides is 1. The number of carbonyl (C=O) groups is 1. The number of hydrogen-bond acceptors (Lipinski definition) is 4. The molecule has 0 spiro atoms. The maximum absolute atomic E-state index is 11.2. The molecule has 2 amide bonds. The number of amidine groups is 1. The van der Waals surface area contributed by atoms with Gasteiger partial charge in [-0.1, -0.05) is 30.3 Å². The van der Waals surface area contributed by atoms with E-state index in [1.54, 1.807) is 6.07 Å². The highest BCUT2D eigenvalue weighted by molar-refractivity contribution is 5.98. The number of nitrogens with zero attached hydrogens (tertiary/aromatic N) is 1. The molecule has 0 aromatic heterocycles. The quantitative estimate of drug-likeness (QED) is 0.793. The molecule has 22 heavy (non-hydrogen) atoms. The summed E-state index contributed by atoms with van der Waals surface area (Å²) >= 11 is 0. The minimum atomic E-state index is -0.620. The minimum absolute atomic E-state index is 0.262. The largest absolute Gasteiger partial charge is 0.481 e. The number of aliphatic imine (C=N–C) groups is 1. The monoisotopic (exact) mass is 296 g/mol. The number of amides is 2. The van der Waals surface area contributed by atoms with Gasteiger partial charge < -0.3 is 21.5 Å². The van der Waals surface area contributed by atoms with E-state index in [2.05, 4.69) is 10.3 Å². The zero-order valence-electron chi connectivity index (χ0n) is 12.0. The number of fused-ring (bicyclic) bond motifs is 1. The minimum Gasteiger partial charge on any atom is -0.481 e. The molecule has 1 atom stereocenters. The smallest absolute Gasteiger partial charge is 0.316 e. The SMILES string of the molecule is CC1Oc2cccc(-c3ccccc3NC(N)=O)c2N=C1N. The lowest BCUT2D eigenvalue weighted by Crippen LogP contribution is -2.33. The maximum atomic E-state index is 11.2. The number of urea groups is 1. The molecular formula is C16H16N4O2. The molecule has 5 N–H and O–H groups in total. The highest BCUT2D eigenvalue weighted by Gasteiger charge is 2.22. The van der Waals surface area contributed by atoms with Crippen molar-refractivity contribution in [2.24, 2.45) is 16.5 Å². The average molecular weight is 296 g/mol. The topological polar surface area (TPSA) is 103 Å². The van der Waals surface area contributed by atoms with E-state index < -0.39 is 6.03 Å². The predicted octanol–water partition coefficient (Wildman–Crippen LogP) is 2.61. The molecule has 6 heteroatoms. The van der Waals surface area contributed by atoms with Gasteiger partial charge >= 0.3 is 6.03 Å². The fourth-order valence-electron chi connectivity index (χ4n) is 2.38. The Morgan fingerprint density at radius 2 is 1.91 bits per heavy atom. The fourth-order valence-corrected chi connectivity index (χ4v) is 2.38. The Bertz CT molecular complexity index is 770. The van der Waals surface area contributed by atoms with Gasteiger partial charge in [-0.15, -0.1) is 0 Å². The third kappa shape index (κ3) is 2.46. The normalized spacial score (nSPS) is 16.2. The highest BCUT2D eigenvalue weighted by Crippen LogP contribution is 2.42. The Balaban J connectivity index is 2.17. The van der Waals surface area contributed by atoms with Crippen LogP contribution in [0, 0.1) is 0 Å². The molecule has 0 fully saturated rings. The van der Waals surface area contributed by atoms with E-state index in [1.165, 1.54) is 0 Å². The summed E-state index contributed by atoms with van der Waals surface area (Å²) in [5, 5.41) is 2.62. The molecule has 1 heterocycles. The highest BCUT2D eigenvalue weighted by atomic mass is 16.5. The fraction of sp³-hybridized carbons (Fsp3) is 0.125. The lowest BCUT2D eigenvalue weighted by Gasteiger charge is -2.23. The second-order valence-electron chi connectivity index (χ2n) is 4.98. The van der Waals surface area contributed by atoms with Crippen LogP contribution in [0.2, 0.25) is 0 Å². The number of hydrogen-bond donors (Lipinski definition) is 3. The molecule has 0 aliphatic carbocycles. The van der Waals surface area contributed by atoms with Crippen molar-refractivity contribution in [1.29, 1.82) is 0 Å². The lowest BCUT2D eigenvalue weighted by atomic mass is 10.0. The molecule has 112 valence electrons. The summed E-state index contributed by atoms with van der Waals surface area (Å²) in [6, 6.07) is 12.3. The summed E-state index contributed by atoms with van der Waals surface area (Å²) in [5.41, 5.74) is 14.0. The predicted molar refractivity (Wildman–Crippen MR) is 86.5 cm³/mol. The van der Waals surface area contributed by atoms with Crippen molar-refractivity contribution < 1.29 is 9.53 Å². The van der Waals surface area contributed by atoms with Gasteiger partial charge in [0.05, 0.1) is 5.69 Å². The lowest BCUT2D eigenvalue weighted by molar-refractivity contribution is 0.259. The molecule has 0 bridgehead atoms. The zero-order chi connectivity index (χ0) is 15.7. The standard InChI is InChI=1S/C16H16N4O2/c1-9-15(17)20-14-11(6-4-8-13(14)22-9)10-5-2-3-7-12(10)19-16(18)21/h2-9H,1H3,(H2,17,20)(H3,18,19,21). The number of carbonyl (C=O) groups excluding carboxylic acids is 1. The van der Waals surface area contributed by atoms with Crippen LogP contribution < -0.4 is 21.5 Å². The molecule has 0 saturated carbocycles. The second kappa shape index (κ2) is 5.40. The van der Waals surface area contributed by atoms with Crippen molar-refractivity contribution in [2.75, 3.05) is 5.32 Å². The van der Waals surface area contributed by atoms with Crippen molar-refractivity contribution in [2.45, 2.75) is 13.0 Å². The van der Waals surface area contributed by atoms with Crippen molar-refractivity contribution in [3.8, 4) is 16.9 Å². The van der Waals surface area contributed by atoms with Gasteiger partial charge in [0.1, 0.15) is 17.3 Å². The first kappa shape index (κ1) is 13.9. The molecule has 1 aliphatic rings. The Morgan fingerprint density at radius 3 is 2.68 bits per heavy atom. The van der Waals surface area contributed by atoms with E-state index in [9.17, 15) is 4.79 Å². The van der Waals surface area contributed by atoms with Crippen LogP contribution in [-0.2, 0) is 0 Å². The Labute approximate surface area is 127 Å². The van der Waals surface area contributed by atoms with Crippen LogP contribution >= 0.6 is 0 Å². The van der Waals surface area contributed by atoms with Gasteiger partial charge in [0.25, 0.3) is 0 Å². The van der Waals surface area contributed by atoms with Gasteiger partial charge in [-0.05, 0) is 19.1 Å². The average Bonchev–Trinajstić information content (AvgIpc) is 2.48. The first-order valence-corrected chi connectivity index (χ1v) is 6.86. The molecule has 1 unspecified atom stereocenters. The van der Waals surface area contributed by atoms with Crippen LogP contribution in [0.1, 0.15) is 6.92 Å². The Morgan fingerprint density at radius 1 is 1.18 bits per heavy atom. The van der Waals surface area contributed by atoms with Crippen LogP contribution in [0.25, 0.3) is 11.1 Å². The van der Waals surface area contributed by atoms with Gasteiger partial charge in [0.2, 0.25) is 0 Å². The Hall–Kier alpha value is -3.02. The Kier molecular flexibility index (Phi) is 3.42. The van der Waals surface area contributed by atoms with Gasteiger partial charge in [-0.2, -0.15) is 0 Å². The summed E-state index contributed by atoms with van der Waals surface area (Å²) in [4.78, 5) is 15.6. The molecule has 0 radical (unpaired) electrons. The van der Waals surface area contributed by atoms with E-state index >= 15 is 0 Å². The number of para-hydroxylation sites is 2. The van der Waals surface area contributed by atoms with Gasteiger partial charge in [0, 0.05) is 11.1 Å². The van der Waals surface area contributed by atoms with Crippen LogP contribution in [0.5, 0.6) is 5.75 Å². The molecule has 2 aromatic carbocycles. The molecule has 6 nitrogen and oxygen atoms in total. The first-order valence-electron chi connectivity index (χ1n) is 6.86. The van der Waals surface area contributed by atoms with E-state index in [0.29, 0.717) is 23.0 Å². The zero-order valence-corrected chi connectivity index (χ0v) is 12.0. The molecule has 0 saturated heterocycles. The van der Waals surface area contributed by atoms with E-state index in [4.69, 9.17) is 16.2 Å². The van der Waals surface area contributed by atoms with Crippen LogP contribution in [-0.4, -0.2) is 18.0 Å². The first-order chi connectivity index (χ1) is 10.6. The van der Waals surface area contributed by atoms with E-state index in [-0.39, 0.29) is 6.10 Å². The van der Waals surface area contributed by atoms with Gasteiger partial charge in [0.15, 0.2) is 6.10 Å². The van der Waals surface area contributed by atoms with Crippen molar-refractivity contribution in [3.05, 3.63) is 42.5 Å². The molecular weight excluding hydrogens is 280 g/mol. The van der Waals surface area contributed by atoms with Crippen LogP contribution in [0.3, 0.4) is 0 Å². The van der Waals surface area contributed by atoms with Crippen molar-refractivity contribution >= 4 is 23.2 Å². The summed E-state index contributed by atoms with van der Waals surface area (Å²) in [5.74, 6) is 1.08. The summed E-state index contributed by atoms with van der Waals surface area (Å²) in [7, 11) is 0. The molecule has 2 aromatic rings. The second-order valence-corrected chi connectivity index (χ2v) is 4.98. The van der Waals surface area contributed by atoms with Crippen LogP contribution in [0.4, 0.5) is 16.2 Å². The number of ether oxygens (including phenoxy) is 1. The van der Waals surface area contributed by atoms with E-state index in [0.717, 1.165) is 11.1 Å². The third-order valence-corrected chi connectivity index (χ3v) is 3.44. The summed E-state index contributed by atoms with van der Waals surface area (Å²) < 4.78 is 5.76. The summed E-state index contributed by atoms with van der Waals surface area (Å²) in [6.45, 7) is 1.84. The van der Waals surface area contributed by atoms with Gasteiger partial charge in [-0.25, -0.2) is 9.79 Å². The number of rotatable bonds is 2. The van der Waals surface area contributed by atoms with Crippen molar-refractivity contribution in [1.82, 2.24) is 0 Å². The number of benzene rings is 2. The van der Waals surface area contributed by atoms with E-state index in [1.807, 2.05) is 43.3 Å². The number of nitrogens with one attached hydrogen (secondary N) is 1. The summed E-state index contributed by atoms with van der Waals surface area (Å²) in [6.07, 6.45) is -0.262. The maximum Gasteiger partial charge on any atom is 0.316 e. The molecule has 1 aliphatic heterocycles. The number of nitrogens with two attached hydrogens (primary N) is 2. The number of anilines is 1. The van der Waals surface area contributed by atoms with Gasteiger partial charge in [-0.3, -0.25) is 0 Å².